The van der Waals surface area contributed by atoms with Crippen molar-refractivity contribution in [2.24, 2.45) is 5.73 Å². The van der Waals surface area contributed by atoms with Gasteiger partial charge in [-0.1, -0.05) is 0 Å². The monoisotopic (exact) mass is 340 g/mol. The molecular formula is C8H6ClF5N2O3S. The Morgan fingerprint density at radius 1 is 1.40 bits per heavy atom. The second-order valence-corrected chi connectivity index (χ2v) is 5.81. The molecule has 0 aliphatic heterocycles. The average molecular weight is 341 g/mol. The number of aromatic nitrogens is 1. The second kappa shape index (κ2) is 5.66. The van der Waals surface area contributed by atoms with Crippen molar-refractivity contribution < 1.29 is 35.1 Å². The van der Waals surface area contributed by atoms with Gasteiger partial charge in [-0.15, -0.1) is 13.2 Å². The molecule has 1 aromatic heterocycles. The molecule has 1 heterocycles. The van der Waals surface area contributed by atoms with Gasteiger partial charge in [-0.2, -0.15) is 0 Å². The van der Waals surface area contributed by atoms with Gasteiger partial charge >= 0.3 is 6.36 Å². The smallest absolute Gasteiger partial charge is 0.402 e. The Bertz CT molecular complexity index is 605. The first-order valence-electron chi connectivity index (χ1n) is 4.68. The Hall–Kier alpha value is -1.20. The molecule has 0 saturated heterocycles. The summed E-state index contributed by atoms with van der Waals surface area (Å²) in [4.78, 5) is 3.19. The van der Waals surface area contributed by atoms with E-state index in [4.69, 9.17) is 16.4 Å². The van der Waals surface area contributed by atoms with Gasteiger partial charge in [0.15, 0.2) is 5.75 Å². The Morgan fingerprint density at radius 3 is 2.30 bits per heavy atom. The summed E-state index contributed by atoms with van der Waals surface area (Å²) < 4.78 is 87.6. The van der Waals surface area contributed by atoms with Crippen LogP contribution in [0.5, 0.6) is 5.75 Å². The third-order valence-electron chi connectivity index (χ3n) is 1.92. The van der Waals surface area contributed by atoms with Gasteiger partial charge < -0.3 is 10.5 Å². The van der Waals surface area contributed by atoms with Crippen molar-refractivity contribution >= 4 is 19.7 Å². The van der Waals surface area contributed by atoms with E-state index >= 15 is 0 Å². The van der Waals surface area contributed by atoms with Gasteiger partial charge in [-0.05, 0) is 6.07 Å². The molecule has 0 aromatic carbocycles. The number of nitrogens with two attached hydrogens (primary N) is 1. The number of halogens is 6. The van der Waals surface area contributed by atoms with Crippen LogP contribution in [0.4, 0.5) is 22.0 Å². The lowest BCUT2D eigenvalue weighted by molar-refractivity contribution is -0.276. The van der Waals surface area contributed by atoms with Gasteiger partial charge in [0.25, 0.3) is 15.5 Å². The predicted octanol–water partition coefficient (Wildman–Crippen LogP) is 2.30. The van der Waals surface area contributed by atoms with Crippen LogP contribution in [0.15, 0.2) is 11.1 Å². The van der Waals surface area contributed by atoms with Gasteiger partial charge in [0.05, 0.1) is 11.3 Å². The molecule has 0 unspecified atom stereocenters. The first-order chi connectivity index (χ1) is 8.95. The molecule has 12 heteroatoms. The highest BCUT2D eigenvalue weighted by Crippen LogP contribution is 2.38. The van der Waals surface area contributed by atoms with Gasteiger partial charge in [0, 0.05) is 17.2 Å². The van der Waals surface area contributed by atoms with Gasteiger partial charge in [0.2, 0.25) is 5.03 Å². The quantitative estimate of drug-likeness (QED) is 0.672. The minimum atomic E-state index is -5.40. The average Bonchev–Trinajstić information content (AvgIpc) is 2.25. The number of hydrogen-bond acceptors (Lipinski definition) is 5. The molecule has 0 spiro atoms. The minimum absolute atomic E-state index is 0.381. The van der Waals surface area contributed by atoms with Crippen LogP contribution in [0.2, 0.25) is 0 Å². The molecule has 0 fully saturated rings. The van der Waals surface area contributed by atoms with Gasteiger partial charge in [0.1, 0.15) is 0 Å². The fourth-order valence-corrected chi connectivity index (χ4v) is 2.15. The Kier molecular flexibility index (Phi) is 4.77. The topological polar surface area (TPSA) is 82.3 Å². The lowest BCUT2D eigenvalue weighted by atomic mass is 10.2. The summed E-state index contributed by atoms with van der Waals surface area (Å²) in [6.07, 6.45) is -8.84. The Balaban J connectivity index is 3.65. The normalized spacial score (nSPS) is 12.8. The lowest BCUT2D eigenvalue weighted by Crippen LogP contribution is -2.21. The van der Waals surface area contributed by atoms with Crippen LogP contribution >= 0.6 is 10.7 Å². The van der Waals surface area contributed by atoms with E-state index in [1.54, 1.807) is 0 Å². The highest BCUT2D eigenvalue weighted by Gasteiger charge is 2.37. The van der Waals surface area contributed by atoms with Crippen LogP contribution in [0.25, 0.3) is 0 Å². The minimum Gasteiger partial charge on any atom is -0.402 e. The molecular weight excluding hydrogens is 335 g/mol. The molecule has 20 heavy (non-hydrogen) atoms. The van der Waals surface area contributed by atoms with E-state index in [0.29, 0.717) is 6.07 Å². The zero-order chi connectivity index (χ0) is 15.7. The van der Waals surface area contributed by atoms with E-state index in [1.165, 1.54) is 0 Å². The molecule has 0 radical (unpaired) electrons. The van der Waals surface area contributed by atoms with Crippen molar-refractivity contribution in [3.8, 4) is 5.75 Å². The summed E-state index contributed by atoms with van der Waals surface area (Å²) in [5, 5.41) is -1.46. The molecule has 2 N–H and O–H groups in total. The summed E-state index contributed by atoms with van der Waals surface area (Å²) in [7, 11) is 0.0276. The van der Waals surface area contributed by atoms with Crippen molar-refractivity contribution in [3.63, 3.8) is 0 Å². The molecule has 1 aromatic rings. The van der Waals surface area contributed by atoms with Crippen LogP contribution in [-0.2, 0) is 15.6 Å². The highest BCUT2D eigenvalue weighted by molar-refractivity contribution is 8.13. The zero-order valence-corrected chi connectivity index (χ0v) is 10.9. The van der Waals surface area contributed by atoms with Crippen molar-refractivity contribution in [2.75, 3.05) is 0 Å². The van der Waals surface area contributed by atoms with Crippen LogP contribution in [0, 0.1) is 0 Å². The van der Waals surface area contributed by atoms with Gasteiger partial charge in [-0.3, -0.25) is 0 Å². The third-order valence-corrected chi connectivity index (χ3v) is 3.09. The van der Waals surface area contributed by atoms with Crippen LogP contribution < -0.4 is 10.5 Å². The largest absolute Gasteiger partial charge is 0.573 e. The number of nitrogens with zero attached hydrogens (tertiary/aromatic N) is 1. The van der Waals surface area contributed by atoms with E-state index in [2.05, 4.69) is 9.72 Å². The van der Waals surface area contributed by atoms with Crippen LogP contribution in [0.1, 0.15) is 17.7 Å². The maximum Gasteiger partial charge on any atom is 0.573 e. The number of alkyl halides is 5. The van der Waals surface area contributed by atoms with Crippen molar-refractivity contribution in [1.29, 1.82) is 0 Å². The fraction of sp³-hybridized carbons (Fsp3) is 0.375. The molecule has 0 aliphatic carbocycles. The van der Waals surface area contributed by atoms with Crippen LogP contribution in [0.3, 0.4) is 0 Å². The summed E-state index contributed by atoms with van der Waals surface area (Å²) >= 11 is 0. The highest BCUT2D eigenvalue weighted by atomic mass is 35.7. The first kappa shape index (κ1) is 16.9. The second-order valence-electron chi connectivity index (χ2n) is 3.33. The number of pyridine rings is 1. The Labute approximate surface area is 113 Å². The number of rotatable bonds is 4. The molecule has 0 bridgehead atoms. The fourth-order valence-electron chi connectivity index (χ4n) is 1.23. The third kappa shape index (κ3) is 4.15. The van der Waals surface area contributed by atoms with Crippen LogP contribution in [-0.4, -0.2) is 19.8 Å². The van der Waals surface area contributed by atoms with E-state index in [1.807, 2.05) is 0 Å². The first-order valence-corrected chi connectivity index (χ1v) is 6.99. The lowest BCUT2D eigenvalue weighted by Gasteiger charge is -2.16. The van der Waals surface area contributed by atoms with Crippen molar-refractivity contribution in [1.82, 2.24) is 4.98 Å². The molecule has 0 amide bonds. The summed E-state index contributed by atoms with van der Waals surface area (Å²) in [6.45, 7) is -0.481. The maximum absolute atomic E-state index is 12.7. The summed E-state index contributed by atoms with van der Waals surface area (Å²) in [6, 6.07) is 0.511. The SMILES string of the molecule is NCc1cc(C(F)F)c(OC(F)(F)F)c(S(=O)(=O)Cl)n1. The molecule has 5 nitrogen and oxygen atoms in total. The Morgan fingerprint density at radius 2 is 1.95 bits per heavy atom. The van der Waals surface area contributed by atoms with Crippen molar-refractivity contribution in [2.45, 2.75) is 24.4 Å². The molecule has 1 rings (SSSR count). The standard InChI is InChI=1S/C8H6ClF5N2O3S/c9-20(17,18)7-5(19-8(12,13)14)4(6(10)11)1-3(2-15)16-7/h1,6H,2,15H2. The molecule has 0 aliphatic rings. The van der Waals surface area contributed by atoms with Crippen molar-refractivity contribution in [3.05, 3.63) is 17.3 Å². The molecule has 0 saturated carbocycles. The van der Waals surface area contributed by atoms with E-state index < -0.39 is 44.7 Å². The molecule has 114 valence electrons. The summed E-state index contributed by atoms with van der Waals surface area (Å²) in [5.41, 5.74) is 3.40. The van der Waals surface area contributed by atoms with E-state index in [9.17, 15) is 30.4 Å². The number of hydrogen-bond donors (Lipinski definition) is 1. The van der Waals surface area contributed by atoms with Gasteiger partial charge in [-0.25, -0.2) is 22.2 Å². The number of ether oxygens (including phenoxy) is 1. The predicted molar refractivity (Wildman–Crippen MR) is 56.8 cm³/mol. The maximum atomic E-state index is 12.7. The summed E-state index contributed by atoms with van der Waals surface area (Å²) in [5.74, 6) is -1.67. The zero-order valence-electron chi connectivity index (χ0n) is 9.29. The van der Waals surface area contributed by atoms with E-state index in [0.717, 1.165) is 0 Å². The molecule has 0 atom stereocenters. The van der Waals surface area contributed by atoms with E-state index in [-0.39, 0.29) is 5.69 Å².